The fourth-order valence-electron chi connectivity index (χ4n) is 2.38. The van der Waals surface area contributed by atoms with Crippen LogP contribution < -0.4 is 5.73 Å². The fraction of sp³-hybridized carbons (Fsp3) is 0.769. The molecule has 1 saturated heterocycles. The molecule has 0 spiro atoms. The van der Waals surface area contributed by atoms with Gasteiger partial charge in [-0.1, -0.05) is 6.92 Å². The average molecular weight is 270 g/mol. The zero-order valence-corrected chi connectivity index (χ0v) is 11.3. The van der Waals surface area contributed by atoms with Gasteiger partial charge in [-0.15, -0.1) is 0 Å². The summed E-state index contributed by atoms with van der Waals surface area (Å²) in [7, 11) is 0. The van der Waals surface area contributed by atoms with Gasteiger partial charge in [-0.3, -0.25) is 14.4 Å². The zero-order valence-electron chi connectivity index (χ0n) is 11.3. The molecule has 0 aromatic heterocycles. The van der Waals surface area contributed by atoms with Gasteiger partial charge in [-0.05, 0) is 25.7 Å². The van der Waals surface area contributed by atoms with E-state index in [2.05, 4.69) is 0 Å². The smallest absolute Gasteiger partial charge is 0.306 e. The van der Waals surface area contributed by atoms with E-state index in [1.807, 2.05) is 6.92 Å². The number of carbonyl (C=O) groups excluding carboxylic acids is 2. The van der Waals surface area contributed by atoms with Gasteiger partial charge in [-0.25, -0.2) is 0 Å². The number of carboxylic acid groups (broad SMARTS) is 1. The summed E-state index contributed by atoms with van der Waals surface area (Å²) < 4.78 is 0. The first-order valence-electron chi connectivity index (χ1n) is 6.75. The third-order valence-corrected chi connectivity index (χ3v) is 3.80. The summed E-state index contributed by atoms with van der Waals surface area (Å²) in [6, 6.07) is 0. The summed E-state index contributed by atoms with van der Waals surface area (Å²) in [5.74, 6) is -1.85. The average Bonchev–Trinajstić information content (AvgIpc) is 2.52. The number of primary amides is 1. The van der Waals surface area contributed by atoms with Gasteiger partial charge in [0.2, 0.25) is 11.8 Å². The highest BCUT2D eigenvalue weighted by molar-refractivity contribution is 5.79. The molecule has 1 heterocycles. The molecule has 1 aliphatic rings. The summed E-state index contributed by atoms with van der Waals surface area (Å²) in [5.41, 5.74) is 5.27. The van der Waals surface area contributed by atoms with Crippen LogP contribution in [0.4, 0.5) is 0 Å². The van der Waals surface area contributed by atoms with Crippen LogP contribution >= 0.6 is 0 Å². The Balaban J connectivity index is 2.51. The Hall–Kier alpha value is -1.59. The zero-order chi connectivity index (χ0) is 14.4. The summed E-state index contributed by atoms with van der Waals surface area (Å²) >= 11 is 0. The molecule has 2 amide bonds. The van der Waals surface area contributed by atoms with Gasteiger partial charge in [0.05, 0.1) is 5.92 Å². The highest BCUT2D eigenvalue weighted by Gasteiger charge is 2.27. The quantitative estimate of drug-likeness (QED) is 0.738. The molecule has 1 rings (SSSR count). The third kappa shape index (κ3) is 4.54. The van der Waals surface area contributed by atoms with Crippen LogP contribution in [0.5, 0.6) is 0 Å². The topological polar surface area (TPSA) is 101 Å². The third-order valence-electron chi connectivity index (χ3n) is 3.80. The lowest BCUT2D eigenvalue weighted by Gasteiger charge is -2.22. The molecule has 6 heteroatoms. The standard InChI is InChI=1S/C13H22N2O4/c1-2-9(12(14)17)5-7-15-8-6-10(13(18)19)3-4-11(15)16/h9-10H,2-8H2,1H3,(H2,14,17)(H,18,19). The predicted molar refractivity (Wildman–Crippen MR) is 69.1 cm³/mol. The second-order valence-corrected chi connectivity index (χ2v) is 5.04. The van der Waals surface area contributed by atoms with Crippen molar-refractivity contribution in [1.29, 1.82) is 0 Å². The van der Waals surface area contributed by atoms with Crippen molar-refractivity contribution in [3.05, 3.63) is 0 Å². The molecule has 2 atom stereocenters. The van der Waals surface area contributed by atoms with Crippen molar-refractivity contribution in [2.45, 2.75) is 39.0 Å². The van der Waals surface area contributed by atoms with E-state index >= 15 is 0 Å². The van der Waals surface area contributed by atoms with Gasteiger partial charge < -0.3 is 15.7 Å². The van der Waals surface area contributed by atoms with Crippen LogP contribution in [0.3, 0.4) is 0 Å². The van der Waals surface area contributed by atoms with E-state index in [9.17, 15) is 14.4 Å². The molecule has 19 heavy (non-hydrogen) atoms. The second-order valence-electron chi connectivity index (χ2n) is 5.04. The molecule has 3 N–H and O–H groups in total. The summed E-state index contributed by atoms with van der Waals surface area (Å²) in [5, 5.41) is 8.97. The van der Waals surface area contributed by atoms with Crippen molar-refractivity contribution in [3.63, 3.8) is 0 Å². The number of aliphatic carboxylic acids is 1. The van der Waals surface area contributed by atoms with Crippen molar-refractivity contribution in [1.82, 2.24) is 4.90 Å². The summed E-state index contributed by atoms with van der Waals surface area (Å²) in [6.07, 6.45) is 2.36. The molecule has 1 aliphatic heterocycles. The minimum absolute atomic E-state index is 0.0249. The normalized spacial score (nSPS) is 21.8. The van der Waals surface area contributed by atoms with E-state index in [1.165, 1.54) is 0 Å². The Morgan fingerprint density at radius 1 is 1.47 bits per heavy atom. The van der Waals surface area contributed by atoms with Crippen LogP contribution in [0, 0.1) is 11.8 Å². The number of nitrogens with two attached hydrogens (primary N) is 1. The highest BCUT2D eigenvalue weighted by atomic mass is 16.4. The van der Waals surface area contributed by atoms with Crippen LogP contribution in [-0.4, -0.2) is 40.9 Å². The van der Waals surface area contributed by atoms with E-state index in [-0.39, 0.29) is 24.2 Å². The van der Waals surface area contributed by atoms with Crippen molar-refractivity contribution in [3.8, 4) is 0 Å². The van der Waals surface area contributed by atoms with E-state index in [0.717, 1.165) is 0 Å². The number of carbonyl (C=O) groups is 3. The van der Waals surface area contributed by atoms with Gasteiger partial charge in [0.25, 0.3) is 0 Å². The molecular weight excluding hydrogens is 248 g/mol. The number of hydrogen-bond donors (Lipinski definition) is 2. The first kappa shape index (κ1) is 15.5. The number of carboxylic acids is 1. The lowest BCUT2D eigenvalue weighted by Crippen LogP contribution is -2.34. The number of amides is 2. The van der Waals surface area contributed by atoms with Crippen LogP contribution in [0.25, 0.3) is 0 Å². The SMILES string of the molecule is CCC(CCN1CCC(C(=O)O)CCC1=O)C(N)=O. The minimum atomic E-state index is -0.835. The maximum absolute atomic E-state index is 11.9. The number of likely N-dealkylation sites (tertiary alicyclic amines) is 1. The molecule has 0 aliphatic carbocycles. The van der Waals surface area contributed by atoms with Gasteiger partial charge in [0.1, 0.15) is 0 Å². The minimum Gasteiger partial charge on any atom is -0.481 e. The van der Waals surface area contributed by atoms with Gasteiger partial charge in [0.15, 0.2) is 0 Å². The van der Waals surface area contributed by atoms with Crippen LogP contribution in [0.1, 0.15) is 39.0 Å². The van der Waals surface area contributed by atoms with Crippen LogP contribution in [0.2, 0.25) is 0 Å². The summed E-state index contributed by atoms with van der Waals surface area (Å²) in [6.45, 7) is 2.82. The molecule has 0 aromatic carbocycles. The second kappa shape index (κ2) is 7.11. The van der Waals surface area contributed by atoms with E-state index in [4.69, 9.17) is 10.8 Å². The molecule has 0 bridgehead atoms. The van der Waals surface area contributed by atoms with Crippen molar-refractivity contribution >= 4 is 17.8 Å². The van der Waals surface area contributed by atoms with Crippen molar-refractivity contribution in [2.75, 3.05) is 13.1 Å². The fourth-order valence-corrected chi connectivity index (χ4v) is 2.38. The first-order valence-corrected chi connectivity index (χ1v) is 6.75. The lowest BCUT2D eigenvalue weighted by molar-refractivity contribution is -0.142. The molecule has 2 unspecified atom stereocenters. The van der Waals surface area contributed by atoms with Gasteiger partial charge in [0, 0.05) is 25.4 Å². The van der Waals surface area contributed by atoms with E-state index in [0.29, 0.717) is 38.8 Å². The van der Waals surface area contributed by atoms with Gasteiger partial charge in [-0.2, -0.15) is 0 Å². The lowest BCUT2D eigenvalue weighted by atomic mass is 10.0. The Labute approximate surface area is 112 Å². The Kier molecular flexibility index (Phi) is 5.79. The monoisotopic (exact) mass is 270 g/mol. The van der Waals surface area contributed by atoms with Crippen molar-refractivity contribution < 1.29 is 19.5 Å². The summed E-state index contributed by atoms with van der Waals surface area (Å²) in [4.78, 5) is 35.6. The number of hydrogen-bond acceptors (Lipinski definition) is 3. The van der Waals surface area contributed by atoms with Gasteiger partial charge >= 0.3 is 5.97 Å². The Morgan fingerprint density at radius 2 is 2.16 bits per heavy atom. The molecule has 108 valence electrons. The van der Waals surface area contributed by atoms with E-state index in [1.54, 1.807) is 4.90 Å². The number of nitrogens with zero attached hydrogens (tertiary/aromatic N) is 1. The number of rotatable bonds is 6. The molecule has 6 nitrogen and oxygen atoms in total. The highest BCUT2D eigenvalue weighted by Crippen LogP contribution is 2.19. The molecule has 0 saturated carbocycles. The maximum atomic E-state index is 11.9. The van der Waals surface area contributed by atoms with E-state index < -0.39 is 11.9 Å². The largest absolute Gasteiger partial charge is 0.481 e. The molecule has 0 radical (unpaired) electrons. The van der Waals surface area contributed by atoms with Crippen LogP contribution in [0.15, 0.2) is 0 Å². The first-order chi connectivity index (χ1) is 8.95. The van der Waals surface area contributed by atoms with Crippen molar-refractivity contribution in [2.24, 2.45) is 17.6 Å². The van der Waals surface area contributed by atoms with Crippen LogP contribution in [-0.2, 0) is 14.4 Å². The Morgan fingerprint density at radius 3 is 2.68 bits per heavy atom. The maximum Gasteiger partial charge on any atom is 0.306 e. The molecule has 1 fully saturated rings. The Bertz CT molecular complexity index is 357. The molecular formula is C13H22N2O4. The molecule has 0 aromatic rings. The predicted octanol–water partition coefficient (Wildman–Crippen LogP) is 0.601.